The molecule has 28 heavy (non-hydrogen) atoms. The molecular formula is C21H23N3O4. The van der Waals surface area contributed by atoms with Crippen molar-refractivity contribution >= 4 is 23.3 Å². The Labute approximate surface area is 163 Å². The number of nitrogens with zero attached hydrogens (tertiary/aromatic N) is 1. The van der Waals surface area contributed by atoms with Gasteiger partial charge in [-0.1, -0.05) is 18.2 Å². The van der Waals surface area contributed by atoms with Crippen LogP contribution in [0, 0.1) is 0 Å². The van der Waals surface area contributed by atoms with Crippen LogP contribution in [0.5, 0.6) is 11.5 Å². The van der Waals surface area contributed by atoms with Crippen LogP contribution in [0.3, 0.4) is 0 Å². The zero-order chi connectivity index (χ0) is 19.5. The SMILES string of the molecule is C[C@H]1Cc2ccccc2N1CC(=O)NC(=O)Nc1ccc2c(c1)OCCCO2. The van der Waals surface area contributed by atoms with Gasteiger partial charge in [0.25, 0.3) is 0 Å². The number of benzene rings is 2. The molecule has 0 bridgehead atoms. The van der Waals surface area contributed by atoms with Gasteiger partial charge in [0.05, 0.1) is 19.8 Å². The smallest absolute Gasteiger partial charge is 0.325 e. The minimum atomic E-state index is -0.570. The summed E-state index contributed by atoms with van der Waals surface area (Å²) < 4.78 is 11.2. The van der Waals surface area contributed by atoms with Gasteiger partial charge in [0.15, 0.2) is 11.5 Å². The largest absolute Gasteiger partial charge is 0.490 e. The third-order valence-electron chi connectivity index (χ3n) is 4.92. The van der Waals surface area contributed by atoms with Gasteiger partial charge >= 0.3 is 6.03 Å². The summed E-state index contributed by atoms with van der Waals surface area (Å²) in [6.45, 7) is 3.38. The molecule has 2 aromatic carbocycles. The van der Waals surface area contributed by atoms with E-state index in [0.717, 1.165) is 18.5 Å². The van der Waals surface area contributed by atoms with E-state index in [0.29, 0.717) is 30.4 Å². The minimum Gasteiger partial charge on any atom is -0.490 e. The number of para-hydroxylation sites is 1. The molecule has 2 N–H and O–H groups in total. The Kier molecular flexibility index (Phi) is 5.06. The average molecular weight is 381 g/mol. The zero-order valence-electron chi connectivity index (χ0n) is 15.7. The first-order valence-corrected chi connectivity index (χ1v) is 9.45. The summed E-state index contributed by atoms with van der Waals surface area (Å²) in [5, 5.41) is 5.07. The summed E-state index contributed by atoms with van der Waals surface area (Å²) in [6.07, 6.45) is 1.71. The molecule has 7 nitrogen and oxygen atoms in total. The zero-order valence-corrected chi connectivity index (χ0v) is 15.7. The summed E-state index contributed by atoms with van der Waals surface area (Å²) in [5.74, 6) is 0.890. The Balaban J connectivity index is 1.35. The number of nitrogens with one attached hydrogen (secondary N) is 2. The Hall–Kier alpha value is -3.22. The Bertz CT molecular complexity index is 899. The molecule has 2 aliphatic rings. The number of carbonyl (C=O) groups excluding carboxylic acids is 2. The van der Waals surface area contributed by atoms with Crippen molar-refractivity contribution in [2.24, 2.45) is 0 Å². The molecule has 3 amide bonds. The lowest BCUT2D eigenvalue weighted by Gasteiger charge is -2.24. The average Bonchev–Trinajstić information content (AvgIpc) is 2.83. The standard InChI is InChI=1S/C21H23N3O4/c1-14-11-15-5-2-3-6-17(15)24(14)13-20(25)23-21(26)22-16-7-8-18-19(12-16)28-10-4-9-27-18/h2-3,5-8,12,14H,4,9-11,13H2,1H3,(H2,22,23,25,26)/t14-/m0/s1. The number of hydrogen-bond donors (Lipinski definition) is 2. The van der Waals surface area contributed by atoms with Crippen molar-refractivity contribution < 1.29 is 19.1 Å². The fraction of sp³-hybridized carbons (Fsp3) is 0.333. The molecule has 0 spiro atoms. The molecule has 0 radical (unpaired) electrons. The lowest BCUT2D eigenvalue weighted by Crippen LogP contribution is -2.43. The minimum absolute atomic E-state index is 0.132. The molecule has 0 unspecified atom stereocenters. The van der Waals surface area contributed by atoms with E-state index >= 15 is 0 Å². The van der Waals surface area contributed by atoms with Crippen LogP contribution in [0.1, 0.15) is 18.9 Å². The van der Waals surface area contributed by atoms with E-state index in [4.69, 9.17) is 9.47 Å². The first-order valence-electron chi connectivity index (χ1n) is 9.45. The molecule has 146 valence electrons. The third kappa shape index (κ3) is 3.88. The van der Waals surface area contributed by atoms with E-state index in [1.54, 1.807) is 18.2 Å². The fourth-order valence-corrected chi connectivity index (χ4v) is 3.59. The van der Waals surface area contributed by atoms with Crippen molar-refractivity contribution in [2.45, 2.75) is 25.8 Å². The molecule has 4 rings (SSSR count). The van der Waals surface area contributed by atoms with Gasteiger partial charge in [-0.3, -0.25) is 10.1 Å². The van der Waals surface area contributed by atoms with Crippen molar-refractivity contribution in [1.82, 2.24) is 5.32 Å². The first kappa shape index (κ1) is 18.2. The predicted octanol–water partition coefficient (Wildman–Crippen LogP) is 2.95. The second-order valence-corrected chi connectivity index (χ2v) is 7.02. The second-order valence-electron chi connectivity index (χ2n) is 7.02. The van der Waals surface area contributed by atoms with Crippen LogP contribution in [0.25, 0.3) is 0 Å². The van der Waals surface area contributed by atoms with Gasteiger partial charge < -0.3 is 19.7 Å². The molecule has 2 aliphatic heterocycles. The third-order valence-corrected chi connectivity index (χ3v) is 4.92. The van der Waals surface area contributed by atoms with Crippen LogP contribution in [0.2, 0.25) is 0 Å². The van der Waals surface area contributed by atoms with E-state index in [-0.39, 0.29) is 18.5 Å². The molecular weight excluding hydrogens is 358 g/mol. The maximum Gasteiger partial charge on any atom is 0.325 e. The quantitative estimate of drug-likeness (QED) is 0.855. The summed E-state index contributed by atoms with van der Waals surface area (Å²) >= 11 is 0. The number of imide groups is 1. The van der Waals surface area contributed by atoms with Gasteiger partial charge in [-0.05, 0) is 37.1 Å². The number of carbonyl (C=O) groups is 2. The van der Waals surface area contributed by atoms with E-state index in [2.05, 4.69) is 23.6 Å². The predicted molar refractivity (Wildman–Crippen MR) is 106 cm³/mol. The molecule has 0 saturated carbocycles. The van der Waals surface area contributed by atoms with Crippen LogP contribution in [-0.2, 0) is 11.2 Å². The van der Waals surface area contributed by atoms with Crippen LogP contribution in [0.4, 0.5) is 16.2 Å². The number of amides is 3. The summed E-state index contributed by atoms with van der Waals surface area (Å²) in [4.78, 5) is 26.6. The van der Waals surface area contributed by atoms with Crippen molar-refractivity contribution in [3.8, 4) is 11.5 Å². The van der Waals surface area contributed by atoms with Crippen LogP contribution >= 0.6 is 0 Å². The van der Waals surface area contributed by atoms with Gasteiger partial charge in [0.2, 0.25) is 5.91 Å². The summed E-state index contributed by atoms with van der Waals surface area (Å²) in [5.41, 5.74) is 2.81. The molecule has 0 aliphatic carbocycles. The number of hydrogen-bond acceptors (Lipinski definition) is 5. The van der Waals surface area contributed by atoms with Crippen molar-refractivity contribution in [3.63, 3.8) is 0 Å². The van der Waals surface area contributed by atoms with E-state index < -0.39 is 6.03 Å². The van der Waals surface area contributed by atoms with Crippen LogP contribution in [0.15, 0.2) is 42.5 Å². The van der Waals surface area contributed by atoms with Crippen molar-refractivity contribution in [3.05, 3.63) is 48.0 Å². The second kappa shape index (κ2) is 7.80. The Morgan fingerprint density at radius 3 is 2.75 bits per heavy atom. The van der Waals surface area contributed by atoms with Gasteiger partial charge in [-0.15, -0.1) is 0 Å². The highest BCUT2D eigenvalue weighted by Crippen LogP contribution is 2.32. The van der Waals surface area contributed by atoms with Crippen LogP contribution in [-0.4, -0.2) is 37.7 Å². The molecule has 0 saturated heterocycles. The highest BCUT2D eigenvalue weighted by molar-refractivity contribution is 6.02. The van der Waals surface area contributed by atoms with E-state index in [1.165, 1.54) is 5.56 Å². The van der Waals surface area contributed by atoms with Gasteiger partial charge in [-0.25, -0.2) is 4.79 Å². The fourth-order valence-electron chi connectivity index (χ4n) is 3.59. The first-order chi connectivity index (χ1) is 13.6. The number of urea groups is 1. The molecule has 0 aromatic heterocycles. The Morgan fingerprint density at radius 2 is 1.89 bits per heavy atom. The van der Waals surface area contributed by atoms with Crippen molar-refractivity contribution in [2.75, 3.05) is 30.0 Å². The molecule has 0 fully saturated rings. The summed E-state index contributed by atoms with van der Waals surface area (Å²) in [7, 11) is 0. The normalized spacial score (nSPS) is 17.5. The summed E-state index contributed by atoms with van der Waals surface area (Å²) in [6, 6.07) is 12.8. The van der Waals surface area contributed by atoms with Gasteiger partial charge in [0.1, 0.15) is 0 Å². The lowest BCUT2D eigenvalue weighted by atomic mass is 10.1. The lowest BCUT2D eigenvalue weighted by molar-refractivity contribution is -0.118. The maximum absolute atomic E-state index is 12.4. The Morgan fingerprint density at radius 1 is 1.11 bits per heavy atom. The van der Waals surface area contributed by atoms with Crippen molar-refractivity contribution in [1.29, 1.82) is 0 Å². The maximum atomic E-state index is 12.4. The van der Waals surface area contributed by atoms with Crippen LogP contribution < -0.4 is 25.0 Å². The van der Waals surface area contributed by atoms with E-state index in [1.807, 2.05) is 23.1 Å². The number of rotatable bonds is 3. The monoisotopic (exact) mass is 381 g/mol. The molecule has 7 heteroatoms. The highest BCUT2D eigenvalue weighted by atomic mass is 16.5. The number of anilines is 2. The number of fused-ring (bicyclic) bond motifs is 2. The van der Waals surface area contributed by atoms with E-state index in [9.17, 15) is 9.59 Å². The highest BCUT2D eigenvalue weighted by Gasteiger charge is 2.27. The molecule has 1 atom stereocenters. The molecule has 2 heterocycles. The molecule has 2 aromatic rings. The number of ether oxygens (including phenoxy) is 2. The van der Waals surface area contributed by atoms with Gasteiger partial charge in [-0.2, -0.15) is 0 Å². The topological polar surface area (TPSA) is 79.9 Å². The van der Waals surface area contributed by atoms with Gasteiger partial charge in [0, 0.05) is 29.9 Å².